The largest absolute Gasteiger partial charge is 0.279 e. The van der Waals surface area contributed by atoms with E-state index >= 15 is 0 Å². The summed E-state index contributed by atoms with van der Waals surface area (Å²) in [5, 5.41) is 10.9. The Morgan fingerprint density at radius 3 is 2.19 bits per heavy atom. The first-order valence-electron chi connectivity index (χ1n) is 7.93. The molecule has 1 saturated heterocycles. The number of nitrogens with one attached hydrogen (secondary N) is 1. The quantitative estimate of drug-likeness (QED) is 0.475. The van der Waals surface area contributed by atoms with Crippen molar-refractivity contribution in [3.05, 3.63) is 58.1 Å². The molecule has 1 N–H and O–H groups in total. The number of aryl methyl sites for hydroxylation is 1. The number of rotatable bonds is 5. The van der Waals surface area contributed by atoms with E-state index in [0.29, 0.717) is 11.3 Å². The fourth-order valence-electron chi connectivity index (χ4n) is 2.68. The molecule has 1 heterocycles. The Balaban J connectivity index is 1.88. The van der Waals surface area contributed by atoms with Crippen LogP contribution in [0.2, 0.25) is 0 Å². The van der Waals surface area contributed by atoms with E-state index in [1.165, 1.54) is 36.4 Å². The molecule has 0 aromatic heterocycles. The van der Waals surface area contributed by atoms with Crippen LogP contribution in [0, 0.1) is 17.0 Å². The molecule has 2 aromatic carbocycles. The minimum absolute atomic E-state index is 0.0955. The van der Waals surface area contributed by atoms with Gasteiger partial charge in [-0.05, 0) is 36.8 Å². The van der Waals surface area contributed by atoms with Gasteiger partial charge in [0, 0.05) is 25.0 Å². The summed E-state index contributed by atoms with van der Waals surface area (Å²) in [7, 11) is -4.01. The molecule has 2 aromatic rings. The Morgan fingerprint density at radius 2 is 1.63 bits per heavy atom. The van der Waals surface area contributed by atoms with Crippen LogP contribution in [0.4, 0.5) is 17.1 Å². The van der Waals surface area contributed by atoms with E-state index in [1.54, 1.807) is 6.92 Å². The van der Waals surface area contributed by atoms with Gasteiger partial charge in [-0.25, -0.2) is 8.42 Å². The van der Waals surface area contributed by atoms with Gasteiger partial charge in [-0.15, -0.1) is 0 Å². The molecule has 1 fully saturated rings. The van der Waals surface area contributed by atoms with E-state index in [4.69, 9.17) is 0 Å². The topological polar surface area (TPSA) is 127 Å². The summed E-state index contributed by atoms with van der Waals surface area (Å²) in [5.41, 5.74) is 0.680. The SMILES string of the molecule is Cc1ccc([N+](=O)[O-])cc1NS(=O)(=O)c1ccc(N2C(=O)CCC2=O)cc1. The lowest BCUT2D eigenvalue weighted by Crippen LogP contribution is -2.28. The zero-order chi connectivity index (χ0) is 19.8. The van der Waals surface area contributed by atoms with Gasteiger partial charge < -0.3 is 0 Å². The third-order valence-corrected chi connectivity index (χ3v) is 5.51. The van der Waals surface area contributed by atoms with Crippen LogP contribution in [-0.2, 0) is 19.6 Å². The van der Waals surface area contributed by atoms with E-state index in [0.717, 1.165) is 11.0 Å². The molecule has 0 aliphatic carbocycles. The molecule has 10 heteroatoms. The van der Waals surface area contributed by atoms with Crippen molar-refractivity contribution in [3.63, 3.8) is 0 Å². The van der Waals surface area contributed by atoms with Crippen molar-refractivity contribution in [1.82, 2.24) is 0 Å². The van der Waals surface area contributed by atoms with E-state index in [-0.39, 0.29) is 40.9 Å². The molecule has 0 bridgehead atoms. The van der Waals surface area contributed by atoms with E-state index in [9.17, 15) is 28.1 Å². The number of nitro groups is 1. The van der Waals surface area contributed by atoms with Gasteiger partial charge in [-0.2, -0.15) is 0 Å². The molecule has 0 unspecified atom stereocenters. The average Bonchev–Trinajstić information content (AvgIpc) is 2.95. The van der Waals surface area contributed by atoms with Gasteiger partial charge in [0.1, 0.15) is 0 Å². The highest BCUT2D eigenvalue weighted by molar-refractivity contribution is 7.92. The van der Waals surface area contributed by atoms with Crippen molar-refractivity contribution in [2.75, 3.05) is 9.62 Å². The van der Waals surface area contributed by atoms with Gasteiger partial charge in [0.2, 0.25) is 11.8 Å². The number of hydrogen-bond donors (Lipinski definition) is 1. The van der Waals surface area contributed by atoms with E-state index in [1.807, 2.05) is 0 Å². The van der Waals surface area contributed by atoms with Crippen molar-refractivity contribution in [1.29, 1.82) is 0 Å². The lowest BCUT2D eigenvalue weighted by atomic mass is 10.2. The van der Waals surface area contributed by atoms with Gasteiger partial charge in [-0.1, -0.05) is 6.07 Å². The second-order valence-corrected chi connectivity index (χ2v) is 7.66. The molecule has 2 amide bonds. The number of nitrogens with zero attached hydrogens (tertiary/aromatic N) is 2. The lowest BCUT2D eigenvalue weighted by Gasteiger charge is -2.15. The maximum atomic E-state index is 12.6. The molecule has 0 radical (unpaired) electrons. The maximum absolute atomic E-state index is 12.6. The molecule has 1 aliphatic heterocycles. The normalized spacial score (nSPS) is 14.5. The Labute approximate surface area is 154 Å². The second-order valence-electron chi connectivity index (χ2n) is 5.98. The Bertz CT molecular complexity index is 1030. The molecule has 140 valence electrons. The van der Waals surface area contributed by atoms with Gasteiger partial charge in [0.05, 0.1) is 21.2 Å². The van der Waals surface area contributed by atoms with E-state index < -0.39 is 14.9 Å². The highest BCUT2D eigenvalue weighted by atomic mass is 32.2. The number of hydrogen-bond acceptors (Lipinski definition) is 6. The maximum Gasteiger partial charge on any atom is 0.271 e. The minimum Gasteiger partial charge on any atom is -0.279 e. The molecule has 0 spiro atoms. The van der Waals surface area contributed by atoms with Crippen LogP contribution < -0.4 is 9.62 Å². The number of non-ortho nitro benzene ring substituents is 1. The summed E-state index contributed by atoms with van der Waals surface area (Å²) in [6.45, 7) is 1.62. The summed E-state index contributed by atoms with van der Waals surface area (Å²) in [6.07, 6.45) is 0.263. The van der Waals surface area contributed by atoms with Gasteiger partial charge in [-0.3, -0.25) is 29.3 Å². The Kier molecular flexibility index (Phi) is 4.66. The number of amides is 2. The third kappa shape index (κ3) is 3.65. The Morgan fingerprint density at radius 1 is 1.04 bits per heavy atom. The monoisotopic (exact) mass is 389 g/mol. The van der Waals surface area contributed by atoms with Gasteiger partial charge in [0.15, 0.2) is 0 Å². The molecule has 0 atom stereocenters. The summed E-state index contributed by atoms with van der Waals surface area (Å²) >= 11 is 0. The van der Waals surface area contributed by atoms with Crippen LogP contribution in [0.5, 0.6) is 0 Å². The number of imide groups is 1. The van der Waals surface area contributed by atoms with Crippen molar-refractivity contribution >= 4 is 38.9 Å². The predicted octanol–water partition coefficient (Wildman–Crippen LogP) is 2.36. The zero-order valence-corrected chi connectivity index (χ0v) is 15.0. The highest BCUT2D eigenvalue weighted by Gasteiger charge is 2.30. The standard InChI is InChI=1S/C17H15N3O6S/c1-11-2-3-13(20(23)24)10-15(11)18-27(25,26)14-6-4-12(5-7-14)19-16(21)8-9-17(19)22/h2-7,10,18H,8-9H2,1H3. The van der Waals surface area contributed by atoms with Crippen LogP contribution >= 0.6 is 0 Å². The number of sulfonamides is 1. The van der Waals surface area contributed by atoms with Crippen molar-refractivity contribution in [2.24, 2.45) is 0 Å². The highest BCUT2D eigenvalue weighted by Crippen LogP contribution is 2.27. The average molecular weight is 389 g/mol. The van der Waals surface area contributed by atoms with Crippen molar-refractivity contribution < 1.29 is 22.9 Å². The first-order chi connectivity index (χ1) is 12.7. The van der Waals surface area contributed by atoms with Crippen LogP contribution in [-0.4, -0.2) is 25.2 Å². The number of nitro benzene ring substituents is 1. The zero-order valence-electron chi connectivity index (χ0n) is 14.2. The van der Waals surface area contributed by atoms with Crippen LogP contribution in [0.25, 0.3) is 0 Å². The van der Waals surface area contributed by atoms with Gasteiger partial charge in [0.25, 0.3) is 15.7 Å². The smallest absolute Gasteiger partial charge is 0.271 e. The third-order valence-electron chi connectivity index (χ3n) is 4.13. The number of carbonyl (C=O) groups excluding carboxylic acids is 2. The second kappa shape index (κ2) is 6.80. The first-order valence-corrected chi connectivity index (χ1v) is 9.41. The number of benzene rings is 2. The first kappa shape index (κ1) is 18.5. The summed E-state index contributed by atoms with van der Waals surface area (Å²) in [4.78, 5) is 34.7. The minimum atomic E-state index is -4.01. The van der Waals surface area contributed by atoms with Crippen molar-refractivity contribution in [2.45, 2.75) is 24.7 Å². The molecule has 3 rings (SSSR count). The summed E-state index contributed by atoms with van der Waals surface area (Å²) < 4.78 is 27.5. The number of anilines is 2. The van der Waals surface area contributed by atoms with Gasteiger partial charge >= 0.3 is 0 Å². The Hall–Kier alpha value is -3.27. The summed E-state index contributed by atoms with van der Waals surface area (Å²) in [5.74, 6) is -0.665. The molecule has 27 heavy (non-hydrogen) atoms. The van der Waals surface area contributed by atoms with Crippen LogP contribution in [0.1, 0.15) is 18.4 Å². The fourth-order valence-corrected chi connectivity index (χ4v) is 3.80. The molecule has 1 aliphatic rings. The fraction of sp³-hybridized carbons (Fsp3) is 0.176. The number of carbonyl (C=O) groups is 2. The summed E-state index contributed by atoms with van der Waals surface area (Å²) in [6, 6.07) is 9.15. The lowest BCUT2D eigenvalue weighted by molar-refractivity contribution is -0.384. The molecule has 9 nitrogen and oxygen atoms in total. The molecular formula is C17H15N3O6S. The van der Waals surface area contributed by atoms with Crippen LogP contribution in [0.3, 0.4) is 0 Å². The molecule has 0 saturated carbocycles. The van der Waals surface area contributed by atoms with Crippen molar-refractivity contribution in [3.8, 4) is 0 Å². The van der Waals surface area contributed by atoms with E-state index in [2.05, 4.69) is 4.72 Å². The predicted molar refractivity (Wildman–Crippen MR) is 96.8 cm³/mol. The van der Waals surface area contributed by atoms with Crippen LogP contribution in [0.15, 0.2) is 47.4 Å². The molecular weight excluding hydrogens is 374 g/mol.